The molecule has 2 atom stereocenters. The molecular formula is C14H22N2O. The van der Waals surface area contributed by atoms with Gasteiger partial charge in [-0.15, -0.1) is 0 Å². The molecule has 3 heteroatoms. The quantitative estimate of drug-likeness (QED) is 0.863. The molecule has 1 fully saturated rings. The van der Waals surface area contributed by atoms with Gasteiger partial charge >= 0.3 is 0 Å². The second-order valence-corrected chi connectivity index (χ2v) is 4.82. The molecule has 0 aromatic heterocycles. The van der Waals surface area contributed by atoms with E-state index in [9.17, 15) is 0 Å². The zero-order valence-electron chi connectivity index (χ0n) is 10.7. The molecule has 1 aliphatic rings. The van der Waals surface area contributed by atoms with E-state index in [1.807, 2.05) is 0 Å². The Hall–Kier alpha value is -1.06. The van der Waals surface area contributed by atoms with Crippen molar-refractivity contribution < 1.29 is 4.74 Å². The summed E-state index contributed by atoms with van der Waals surface area (Å²) in [4.78, 5) is 2.31. The lowest BCUT2D eigenvalue weighted by atomic mass is 9.97. The molecule has 17 heavy (non-hydrogen) atoms. The molecule has 0 amide bonds. The summed E-state index contributed by atoms with van der Waals surface area (Å²) in [5.41, 5.74) is 8.52. The van der Waals surface area contributed by atoms with Crippen LogP contribution in [0.25, 0.3) is 0 Å². The van der Waals surface area contributed by atoms with Crippen LogP contribution in [0.15, 0.2) is 24.3 Å². The number of hydrogen-bond donors (Lipinski definition) is 1. The lowest BCUT2D eigenvalue weighted by Gasteiger charge is -2.33. The van der Waals surface area contributed by atoms with E-state index >= 15 is 0 Å². The summed E-state index contributed by atoms with van der Waals surface area (Å²) in [5, 5.41) is 0. The molecule has 0 radical (unpaired) electrons. The van der Waals surface area contributed by atoms with Crippen LogP contribution in [-0.4, -0.2) is 32.8 Å². The van der Waals surface area contributed by atoms with E-state index in [4.69, 9.17) is 10.5 Å². The maximum Gasteiger partial charge on any atom is 0.0515 e. The van der Waals surface area contributed by atoms with Crippen molar-refractivity contribution in [2.45, 2.75) is 19.4 Å². The van der Waals surface area contributed by atoms with Crippen molar-refractivity contribution >= 4 is 5.69 Å². The summed E-state index contributed by atoms with van der Waals surface area (Å²) < 4.78 is 5.47. The Kier molecular flexibility index (Phi) is 4.02. The van der Waals surface area contributed by atoms with Gasteiger partial charge in [0.1, 0.15) is 0 Å². The first-order valence-corrected chi connectivity index (χ1v) is 6.30. The molecule has 94 valence electrons. The zero-order chi connectivity index (χ0) is 12.3. The van der Waals surface area contributed by atoms with E-state index < -0.39 is 0 Å². The number of hydrogen-bond acceptors (Lipinski definition) is 3. The zero-order valence-corrected chi connectivity index (χ0v) is 10.7. The number of nitrogens with two attached hydrogens (primary N) is 1. The van der Waals surface area contributed by atoms with Crippen LogP contribution in [0.3, 0.4) is 0 Å². The van der Waals surface area contributed by atoms with Crippen LogP contribution in [0.5, 0.6) is 0 Å². The molecular weight excluding hydrogens is 212 g/mol. The highest BCUT2D eigenvalue weighted by Crippen LogP contribution is 2.26. The Balaban J connectivity index is 2.16. The molecule has 2 N–H and O–H groups in total. The molecule has 3 nitrogen and oxygen atoms in total. The fourth-order valence-electron chi connectivity index (χ4n) is 2.66. The van der Waals surface area contributed by atoms with Gasteiger partial charge in [0.2, 0.25) is 0 Å². The van der Waals surface area contributed by atoms with Crippen molar-refractivity contribution in [3.8, 4) is 0 Å². The molecule has 0 spiro atoms. The highest BCUT2D eigenvalue weighted by atomic mass is 16.5. The maximum atomic E-state index is 5.94. The van der Waals surface area contributed by atoms with Crippen molar-refractivity contribution in [1.29, 1.82) is 0 Å². The Morgan fingerprint density at radius 2 is 2.24 bits per heavy atom. The largest absolute Gasteiger partial charge is 0.381 e. The van der Waals surface area contributed by atoms with Gasteiger partial charge in [-0.05, 0) is 25.0 Å². The Morgan fingerprint density at radius 3 is 2.82 bits per heavy atom. The summed E-state index contributed by atoms with van der Waals surface area (Å²) in [5.74, 6) is 0.560. The van der Waals surface area contributed by atoms with Crippen molar-refractivity contribution in [2.75, 3.05) is 31.7 Å². The minimum atomic E-state index is 0.374. The monoisotopic (exact) mass is 234 g/mol. The van der Waals surface area contributed by atoms with Crippen molar-refractivity contribution in [2.24, 2.45) is 11.7 Å². The maximum absolute atomic E-state index is 5.94. The SMILES string of the molecule is Cc1ccccc1N(C)C(CN)C1CCOC1. The first-order chi connectivity index (χ1) is 8.24. The van der Waals surface area contributed by atoms with E-state index in [1.165, 1.54) is 11.3 Å². The number of nitrogens with zero attached hydrogens (tertiary/aromatic N) is 1. The van der Waals surface area contributed by atoms with Gasteiger partial charge in [-0.25, -0.2) is 0 Å². The van der Waals surface area contributed by atoms with E-state index in [-0.39, 0.29) is 0 Å². The normalized spacial score (nSPS) is 21.5. The Labute approximate surface area is 104 Å². The molecule has 2 unspecified atom stereocenters. The fraction of sp³-hybridized carbons (Fsp3) is 0.571. The van der Waals surface area contributed by atoms with Gasteiger partial charge in [0.15, 0.2) is 0 Å². The van der Waals surface area contributed by atoms with Crippen LogP contribution < -0.4 is 10.6 Å². The molecule has 1 aliphatic heterocycles. The molecule has 2 rings (SSSR count). The van der Waals surface area contributed by atoms with Gasteiger partial charge in [0.05, 0.1) is 6.61 Å². The average molecular weight is 234 g/mol. The van der Waals surface area contributed by atoms with Crippen LogP contribution in [0.2, 0.25) is 0 Å². The van der Waals surface area contributed by atoms with E-state index in [1.54, 1.807) is 0 Å². The predicted octanol–water partition coefficient (Wildman–Crippen LogP) is 1.80. The second kappa shape index (κ2) is 5.52. The predicted molar refractivity (Wildman–Crippen MR) is 71.4 cm³/mol. The minimum absolute atomic E-state index is 0.374. The second-order valence-electron chi connectivity index (χ2n) is 4.82. The van der Waals surface area contributed by atoms with Crippen LogP contribution in [0.1, 0.15) is 12.0 Å². The average Bonchev–Trinajstić information content (AvgIpc) is 2.84. The molecule has 0 aliphatic carbocycles. The lowest BCUT2D eigenvalue weighted by molar-refractivity contribution is 0.180. The van der Waals surface area contributed by atoms with E-state index in [2.05, 4.69) is 43.1 Å². The van der Waals surface area contributed by atoms with Crippen LogP contribution in [0.4, 0.5) is 5.69 Å². The summed E-state index contributed by atoms with van der Waals surface area (Å²) in [6, 6.07) is 8.83. The third-order valence-corrected chi connectivity index (χ3v) is 3.74. The molecule has 1 aromatic rings. The Bertz CT molecular complexity index is 361. The van der Waals surface area contributed by atoms with Crippen molar-refractivity contribution in [3.05, 3.63) is 29.8 Å². The summed E-state index contributed by atoms with van der Waals surface area (Å²) in [7, 11) is 2.14. The minimum Gasteiger partial charge on any atom is -0.381 e. The molecule has 1 heterocycles. The first-order valence-electron chi connectivity index (χ1n) is 6.30. The van der Waals surface area contributed by atoms with Gasteiger partial charge in [0, 0.05) is 37.8 Å². The molecule has 0 bridgehead atoms. The molecule has 1 saturated heterocycles. The fourth-order valence-corrected chi connectivity index (χ4v) is 2.66. The van der Waals surface area contributed by atoms with Crippen LogP contribution in [-0.2, 0) is 4.74 Å². The van der Waals surface area contributed by atoms with Gasteiger partial charge < -0.3 is 15.4 Å². The van der Waals surface area contributed by atoms with Gasteiger partial charge in [-0.1, -0.05) is 18.2 Å². The number of benzene rings is 1. The number of likely N-dealkylation sites (N-methyl/N-ethyl adjacent to an activating group) is 1. The van der Waals surface area contributed by atoms with E-state index in [0.717, 1.165) is 19.6 Å². The van der Waals surface area contributed by atoms with Gasteiger partial charge in [0.25, 0.3) is 0 Å². The number of rotatable bonds is 4. The summed E-state index contributed by atoms with van der Waals surface area (Å²) in [6.07, 6.45) is 1.12. The van der Waals surface area contributed by atoms with Crippen molar-refractivity contribution in [3.63, 3.8) is 0 Å². The summed E-state index contributed by atoms with van der Waals surface area (Å²) in [6.45, 7) is 4.55. The van der Waals surface area contributed by atoms with Crippen LogP contribution in [0, 0.1) is 12.8 Å². The Morgan fingerprint density at radius 1 is 1.47 bits per heavy atom. The number of ether oxygens (including phenoxy) is 1. The smallest absolute Gasteiger partial charge is 0.0515 e. The van der Waals surface area contributed by atoms with E-state index in [0.29, 0.717) is 18.5 Å². The van der Waals surface area contributed by atoms with Gasteiger partial charge in [-0.3, -0.25) is 0 Å². The lowest BCUT2D eigenvalue weighted by Crippen LogP contribution is -2.44. The highest BCUT2D eigenvalue weighted by molar-refractivity contribution is 5.53. The number of aryl methyl sites for hydroxylation is 1. The summed E-state index contributed by atoms with van der Waals surface area (Å²) >= 11 is 0. The highest BCUT2D eigenvalue weighted by Gasteiger charge is 2.28. The standard InChI is InChI=1S/C14H22N2O/c1-11-5-3-4-6-13(11)16(2)14(9-15)12-7-8-17-10-12/h3-6,12,14H,7-10,15H2,1-2H3. The topological polar surface area (TPSA) is 38.5 Å². The molecule has 1 aromatic carbocycles. The number of anilines is 1. The molecule has 0 saturated carbocycles. The third-order valence-electron chi connectivity index (χ3n) is 3.74. The van der Waals surface area contributed by atoms with Gasteiger partial charge in [-0.2, -0.15) is 0 Å². The number of para-hydroxylation sites is 1. The van der Waals surface area contributed by atoms with Crippen molar-refractivity contribution in [1.82, 2.24) is 0 Å². The first kappa shape index (κ1) is 12.4. The third kappa shape index (κ3) is 2.61. The van der Waals surface area contributed by atoms with Crippen LogP contribution >= 0.6 is 0 Å².